The standard InChI is InChI=1S/C20H35N/c1-5-7-8-9-10-11-12-16-20(21-6-2)19-15-13-14-17(3)18(19)4/h13-15,20-21H,5-12,16H2,1-4H3. The quantitative estimate of drug-likeness (QED) is 0.486. The van der Waals surface area contributed by atoms with E-state index in [0.29, 0.717) is 6.04 Å². The Morgan fingerprint density at radius 3 is 2.24 bits per heavy atom. The van der Waals surface area contributed by atoms with Crippen molar-refractivity contribution in [3.63, 3.8) is 0 Å². The van der Waals surface area contributed by atoms with E-state index in [4.69, 9.17) is 0 Å². The molecule has 120 valence electrons. The Labute approximate surface area is 132 Å². The SMILES string of the molecule is CCCCCCCCCC(NCC)c1cccc(C)c1C. The molecule has 0 aliphatic heterocycles. The second kappa shape index (κ2) is 10.8. The summed E-state index contributed by atoms with van der Waals surface area (Å²) < 4.78 is 0. The normalized spacial score (nSPS) is 12.6. The molecule has 1 atom stereocenters. The van der Waals surface area contributed by atoms with Crippen LogP contribution in [-0.4, -0.2) is 6.54 Å². The van der Waals surface area contributed by atoms with Gasteiger partial charge in [0.15, 0.2) is 0 Å². The number of unbranched alkanes of at least 4 members (excludes halogenated alkanes) is 6. The van der Waals surface area contributed by atoms with E-state index in [0.717, 1.165) is 6.54 Å². The Morgan fingerprint density at radius 2 is 1.57 bits per heavy atom. The third-order valence-electron chi connectivity index (χ3n) is 4.57. The largest absolute Gasteiger partial charge is 0.310 e. The van der Waals surface area contributed by atoms with Gasteiger partial charge in [-0.15, -0.1) is 0 Å². The third-order valence-corrected chi connectivity index (χ3v) is 4.57. The zero-order valence-electron chi connectivity index (χ0n) is 14.7. The second-order valence-corrected chi connectivity index (χ2v) is 6.31. The van der Waals surface area contributed by atoms with Crippen LogP contribution in [-0.2, 0) is 0 Å². The van der Waals surface area contributed by atoms with Gasteiger partial charge in [-0.2, -0.15) is 0 Å². The molecule has 0 saturated carbocycles. The van der Waals surface area contributed by atoms with Gasteiger partial charge in [-0.05, 0) is 43.5 Å². The first kappa shape index (κ1) is 18.2. The van der Waals surface area contributed by atoms with Crippen molar-refractivity contribution in [3.8, 4) is 0 Å². The molecule has 0 fully saturated rings. The maximum Gasteiger partial charge on any atom is 0.0322 e. The van der Waals surface area contributed by atoms with Crippen LogP contribution in [0, 0.1) is 13.8 Å². The minimum absolute atomic E-state index is 0.533. The van der Waals surface area contributed by atoms with E-state index in [1.54, 1.807) is 0 Å². The van der Waals surface area contributed by atoms with Crippen LogP contribution in [0.4, 0.5) is 0 Å². The number of aryl methyl sites for hydroxylation is 1. The average molecular weight is 290 g/mol. The van der Waals surface area contributed by atoms with Crippen molar-refractivity contribution < 1.29 is 0 Å². The molecule has 0 bridgehead atoms. The molecule has 0 amide bonds. The molecular formula is C20H35N. The van der Waals surface area contributed by atoms with Gasteiger partial charge in [0.25, 0.3) is 0 Å². The zero-order valence-corrected chi connectivity index (χ0v) is 14.7. The van der Waals surface area contributed by atoms with Gasteiger partial charge in [-0.25, -0.2) is 0 Å². The molecule has 1 heteroatoms. The van der Waals surface area contributed by atoms with E-state index < -0.39 is 0 Å². The van der Waals surface area contributed by atoms with Crippen molar-refractivity contribution in [1.82, 2.24) is 5.32 Å². The molecule has 0 aliphatic rings. The van der Waals surface area contributed by atoms with Crippen LogP contribution in [0.1, 0.15) is 87.9 Å². The van der Waals surface area contributed by atoms with E-state index in [-0.39, 0.29) is 0 Å². The van der Waals surface area contributed by atoms with Gasteiger partial charge in [0.1, 0.15) is 0 Å². The van der Waals surface area contributed by atoms with Gasteiger partial charge in [0, 0.05) is 6.04 Å². The van der Waals surface area contributed by atoms with Crippen molar-refractivity contribution in [2.75, 3.05) is 6.54 Å². The fourth-order valence-corrected chi connectivity index (χ4v) is 3.07. The first-order chi connectivity index (χ1) is 10.2. The maximum absolute atomic E-state index is 3.68. The lowest BCUT2D eigenvalue weighted by Gasteiger charge is -2.21. The second-order valence-electron chi connectivity index (χ2n) is 6.31. The Bertz CT molecular complexity index is 383. The topological polar surface area (TPSA) is 12.0 Å². The summed E-state index contributed by atoms with van der Waals surface area (Å²) in [4.78, 5) is 0. The number of rotatable bonds is 11. The summed E-state index contributed by atoms with van der Waals surface area (Å²) in [5.41, 5.74) is 4.38. The van der Waals surface area contributed by atoms with Gasteiger partial charge in [0.05, 0.1) is 0 Å². The molecule has 0 aliphatic carbocycles. The molecule has 1 unspecified atom stereocenters. The van der Waals surface area contributed by atoms with Gasteiger partial charge >= 0.3 is 0 Å². The monoisotopic (exact) mass is 289 g/mol. The highest BCUT2D eigenvalue weighted by atomic mass is 14.9. The fourth-order valence-electron chi connectivity index (χ4n) is 3.07. The number of benzene rings is 1. The van der Waals surface area contributed by atoms with Crippen molar-refractivity contribution in [1.29, 1.82) is 0 Å². The van der Waals surface area contributed by atoms with E-state index in [9.17, 15) is 0 Å². The minimum atomic E-state index is 0.533. The third kappa shape index (κ3) is 6.65. The molecule has 1 rings (SSSR count). The number of nitrogens with one attached hydrogen (secondary N) is 1. The van der Waals surface area contributed by atoms with E-state index in [1.807, 2.05) is 0 Å². The Kier molecular flexibility index (Phi) is 9.41. The molecule has 1 N–H and O–H groups in total. The van der Waals surface area contributed by atoms with Crippen LogP contribution in [0.2, 0.25) is 0 Å². The van der Waals surface area contributed by atoms with Crippen LogP contribution < -0.4 is 5.32 Å². The predicted molar refractivity (Wildman–Crippen MR) is 94.9 cm³/mol. The Hall–Kier alpha value is -0.820. The first-order valence-corrected chi connectivity index (χ1v) is 9.00. The van der Waals surface area contributed by atoms with E-state index in [2.05, 4.69) is 51.2 Å². The van der Waals surface area contributed by atoms with Crippen LogP contribution in [0.5, 0.6) is 0 Å². The molecule has 0 aromatic heterocycles. The summed E-state index contributed by atoms with van der Waals surface area (Å²) in [7, 11) is 0. The van der Waals surface area contributed by atoms with Crippen molar-refractivity contribution in [2.24, 2.45) is 0 Å². The van der Waals surface area contributed by atoms with E-state index >= 15 is 0 Å². The van der Waals surface area contributed by atoms with Crippen molar-refractivity contribution in [3.05, 3.63) is 34.9 Å². The zero-order chi connectivity index (χ0) is 15.5. The lowest BCUT2D eigenvalue weighted by Crippen LogP contribution is -2.22. The van der Waals surface area contributed by atoms with Crippen molar-refractivity contribution in [2.45, 2.75) is 85.1 Å². The molecule has 21 heavy (non-hydrogen) atoms. The summed E-state index contributed by atoms with van der Waals surface area (Å²) in [6.45, 7) is 10.0. The lowest BCUT2D eigenvalue weighted by molar-refractivity contribution is 0.474. The Balaban J connectivity index is 2.41. The summed E-state index contributed by atoms with van der Waals surface area (Å²) in [5, 5.41) is 3.68. The summed E-state index contributed by atoms with van der Waals surface area (Å²) in [6.07, 6.45) is 11.0. The highest BCUT2D eigenvalue weighted by Crippen LogP contribution is 2.25. The Morgan fingerprint density at radius 1 is 0.905 bits per heavy atom. The maximum atomic E-state index is 3.68. The van der Waals surface area contributed by atoms with Crippen LogP contribution >= 0.6 is 0 Å². The van der Waals surface area contributed by atoms with Crippen LogP contribution in [0.15, 0.2) is 18.2 Å². The van der Waals surface area contributed by atoms with Gasteiger partial charge in [-0.3, -0.25) is 0 Å². The predicted octanol–water partition coefficient (Wildman–Crippen LogP) is 6.09. The average Bonchev–Trinajstić information content (AvgIpc) is 2.48. The highest BCUT2D eigenvalue weighted by Gasteiger charge is 2.13. The highest BCUT2D eigenvalue weighted by molar-refractivity contribution is 5.35. The molecule has 0 spiro atoms. The molecule has 0 heterocycles. The first-order valence-electron chi connectivity index (χ1n) is 9.00. The summed E-state index contributed by atoms with van der Waals surface area (Å²) in [5.74, 6) is 0. The van der Waals surface area contributed by atoms with Crippen molar-refractivity contribution >= 4 is 0 Å². The van der Waals surface area contributed by atoms with Crippen LogP contribution in [0.25, 0.3) is 0 Å². The molecule has 0 radical (unpaired) electrons. The molecule has 0 saturated heterocycles. The van der Waals surface area contributed by atoms with Gasteiger partial charge in [-0.1, -0.05) is 77.0 Å². The van der Waals surface area contributed by atoms with E-state index in [1.165, 1.54) is 68.1 Å². The molecule has 1 aromatic carbocycles. The lowest BCUT2D eigenvalue weighted by atomic mass is 9.93. The number of hydrogen-bond acceptors (Lipinski definition) is 1. The number of hydrogen-bond donors (Lipinski definition) is 1. The minimum Gasteiger partial charge on any atom is -0.310 e. The summed E-state index contributed by atoms with van der Waals surface area (Å²) >= 11 is 0. The van der Waals surface area contributed by atoms with Gasteiger partial charge < -0.3 is 5.32 Å². The molecular weight excluding hydrogens is 254 g/mol. The van der Waals surface area contributed by atoms with Crippen LogP contribution in [0.3, 0.4) is 0 Å². The smallest absolute Gasteiger partial charge is 0.0322 e. The summed E-state index contributed by atoms with van der Waals surface area (Å²) in [6, 6.07) is 7.25. The molecule has 1 aromatic rings. The fraction of sp³-hybridized carbons (Fsp3) is 0.700. The van der Waals surface area contributed by atoms with Gasteiger partial charge in [0.2, 0.25) is 0 Å². The molecule has 1 nitrogen and oxygen atoms in total.